The maximum atomic E-state index is 13.5. The van der Waals surface area contributed by atoms with E-state index in [0.717, 1.165) is 31.4 Å². The molecule has 0 aliphatic heterocycles. The predicted molar refractivity (Wildman–Crippen MR) is 145 cm³/mol. The van der Waals surface area contributed by atoms with E-state index in [1.54, 1.807) is 59.2 Å². The highest BCUT2D eigenvalue weighted by Crippen LogP contribution is 2.27. The normalized spacial score (nSPS) is 11.7. The molecule has 0 aliphatic carbocycles. The third-order valence-corrected chi connectivity index (χ3v) is 8.61. The minimum Gasteiger partial charge on any atom is -0.324 e. The molecule has 1 amide bonds. The van der Waals surface area contributed by atoms with Crippen LogP contribution < -0.4 is 14.5 Å². The Morgan fingerprint density at radius 3 is 2.46 bits per heavy atom. The zero-order valence-corrected chi connectivity index (χ0v) is 22.6. The second kappa shape index (κ2) is 9.96. The van der Waals surface area contributed by atoms with Crippen LogP contribution in [-0.4, -0.2) is 25.4 Å². The molecule has 10 heteroatoms. The Bertz CT molecular complexity index is 1560. The summed E-state index contributed by atoms with van der Waals surface area (Å²) in [5.74, 6) is -0.504. The lowest BCUT2D eigenvalue weighted by Gasteiger charge is -2.24. The number of amides is 1. The van der Waals surface area contributed by atoms with Gasteiger partial charge in [0.25, 0.3) is 10.0 Å². The number of fused-ring (bicyclic) bond motifs is 1. The van der Waals surface area contributed by atoms with Gasteiger partial charge in [0.15, 0.2) is 0 Å². The average molecular weight is 575 g/mol. The number of carbonyl (C=O) groups is 1. The molecule has 1 N–H and O–H groups in total. The predicted octanol–water partition coefficient (Wildman–Crippen LogP) is 5.55. The molecule has 0 aliphatic rings. The summed E-state index contributed by atoms with van der Waals surface area (Å²) in [5, 5.41) is 2.78. The van der Waals surface area contributed by atoms with Crippen LogP contribution in [0.25, 0.3) is 10.2 Å². The van der Waals surface area contributed by atoms with Crippen molar-refractivity contribution in [1.29, 1.82) is 0 Å². The summed E-state index contributed by atoms with van der Waals surface area (Å²) in [6, 6.07) is 18.5. The van der Waals surface area contributed by atoms with Crippen LogP contribution in [0.4, 0.5) is 11.4 Å². The van der Waals surface area contributed by atoms with Gasteiger partial charge in [-0.3, -0.25) is 18.5 Å². The van der Waals surface area contributed by atoms with E-state index in [2.05, 4.69) is 21.2 Å². The number of hydrogen-bond acceptors (Lipinski definition) is 5. The van der Waals surface area contributed by atoms with Crippen molar-refractivity contribution in [1.82, 2.24) is 4.57 Å². The monoisotopic (exact) mass is 573 g/mol. The molecule has 1 heterocycles. The average Bonchev–Trinajstić information content (AvgIpc) is 3.12. The molecule has 0 unspecified atom stereocenters. The number of nitrogens with one attached hydrogen (secondary N) is 1. The Balaban J connectivity index is 1.65. The molecular formula is C25H24BrN3O4S2. The maximum Gasteiger partial charge on any atom is 0.308 e. The summed E-state index contributed by atoms with van der Waals surface area (Å²) in [7, 11) is -4.01. The molecular weight excluding hydrogens is 550 g/mol. The second-order valence-electron chi connectivity index (χ2n) is 8.37. The van der Waals surface area contributed by atoms with Crippen LogP contribution in [0.3, 0.4) is 0 Å². The lowest BCUT2D eigenvalue weighted by molar-refractivity contribution is -0.114. The van der Waals surface area contributed by atoms with Gasteiger partial charge in [-0.2, -0.15) is 0 Å². The summed E-state index contributed by atoms with van der Waals surface area (Å²) in [6.07, 6.45) is 0. The largest absolute Gasteiger partial charge is 0.324 e. The quantitative estimate of drug-likeness (QED) is 0.314. The molecule has 4 rings (SSSR count). The van der Waals surface area contributed by atoms with Gasteiger partial charge in [0.2, 0.25) is 5.91 Å². The number of halogens is 1. The second-order valence-corrected chi connectivity index (χ2v) is 12.1. The summed E-state index contributed by atoms with van der Waals surface area (Å²) < 4.78 is 31.3. The van der Waals surface area contributed by atoms with Crippen LogP contribution in [0.5, 0.6) is 0 Å². The Morgan fingerprint density at radius 1 is 1.09 bits per heavy atom. The van der Waals surface area contributed by atoms with Crippen LogP contribution in [0.15, 0.2) is 80.9 Å². The molecule has 0 radical (unpaired) electrons. The van der Waals surface area contributed by atoms with Crippen molar-refractivity contribution in [3.63, 3.8) is 0 Å². The van der Waals surface area contributed by atoms with Crippen molar-refractivity contribution < 1.29 is 13.2 Å². The number of sulfonamides is 1. The topological polar surface area (TPSA) is 88.5 Å². The minimum atomic E-state index is -4.01. The molecule has 182 valence electrons. The molecule has 0 spiro atoms. The van der Waals surface area contributed by atoms with Crippen LogP contribution in [0.2, 0.25) is 0 Å². The van der Waals surface area contributed by atoms with Gasteiger partial charge in [-0.05, 0) is 69.3 Å². The number of hydrogen-bond donors (Lipinski definition) is 1. The first-order chi connectivity index (χ1) is 16.6. The van der Waals surface area contributed by atoms with E-state index >= 15 is 0 Å². The van der Waals surface area contributed by atoms with Crippen LogP contribution in [0.1, 0.15) is 25.5 Å². The first-order valence-corrected chi connectivity index (χ1v) is 13.9. The van der Waals surface area contributed by atoms with E-state index in [-0.39, 0.29) is 15.8 Å². The van der Waals surface area contributed by atoms with E-state index < -0.39 is 22.5 Å². The zero-order valence-electron chi connectivity index (χ0n) is 19.4. The number of anilines is 2. The number of nitrogens with zero attached hydrogens (tertiary/aromatic N) is 2. The van der Waals surface area contributed by atoms with Crippen molar-refractivity contribution in [2.45, 2.75) is 31.7 Å². The molecule has 0 saturated heterocycles. The van der Waals surface area contributed by atoms with Gasteiger partial charge in [-0.15, -0.1) is 0 Å². The van der Waals surface area contributed by atoms with Crippen molar-refractivity contribution in [2.24, 2.45) is 0 Å². The summed E-state index contributed by atoms with van der Waals surface area (Å²) >= 11 is 4.48. The van der Waals surface area contributed by atoms with Gasteiger partial charge >= 0.3 is 4.87 Å². The lowest BCUT2D eigenvalue weighted by atomic mass is 10.2. The number of carbonyl (C=O) groups excluding carboxylic acids is 1. The first kappa shape index (κ1) is 25.2. The Labute approximate surface area is 216 Å². The summed E-state index contributed by atoms with van der Waals surface area (Å²) in [5.41, 5.74) is 2.57. The van der Waals surface area contributed by atoms with Gasteiger partial charge < -0.3 is 5.32 Å². The highest BCUT2D eigenvalue weighted by atomic mass is 79.9. The van der Waals surface area contributed by atoms with Gasteiger partial charge in [0.05, 0.1) is 20.8 Å². The molecule has 0 fully saturated rings. The number of thiazole rings is 1. The van der Waals surface area contributed by atoms with Gasteiger partial charge in [-0.1, -0.05) is 51.0 Å². The van der Waals surface area contributed by atoms with Crippen molar-refractivity contribution in [3.8, 4) is 0 Å². The fourth-order valence-corrected chi connectivity index (χ4v) is 6.57. The Kier molecular flexibility index (Phi) is 7.16. The molecule has 1 aromatic heterocycles. The number of aromatic nitrogens is 1. The van der Waals surface area contributed by atoms with Crippen molar-refractivity contribution >= 4 is 64.8 Å². The summed E-state index contributed by atoms with van der Waals surface area (Å²) in [6.45, 7) is 5.33. The molecule has 0 bridgehead atoms. The Hall–Kier alpha value is -2.95. The molecule has 0 saturated carbocycles. The molecule has 7 nitrogen and oxygen atoms in total. The van der Waals surface area contributed by atoms with E-state index in [1.165, 1.54) is 12.1 Å². The van der Waals surface area contributed by atoms with E-state index in [0.29, 0.717) is 15.8 Å². The summed E-state index contributed by atoms with van der Waals surface area (Å²) in [4.78, 5) is 25.4. The third kappa shape index (κ3) is 5.34. The van der Waals surface area contributed by atoms with E-state index in [4.69, 9.17) is 0 Å². The highest BCUT2D eigenvalue weighted by Gasteiger charge is 2.27. The fraction of sp³-hybridized carbons (Fsp3) is 0.200. The Morgan fingerprint density at radius 2 is 1.80 bits per heavy atom. The van der Waals surface area contributed by atoms with Crippen molar-refractivity contribution in [2.75, 3.05) is 16.2 Å². The highest BCUT2D eigenvalue weighted by molar-refractivity contribution is 9.10. The van der Waals surface area contributed by atoms with E-state index in [1.807, 2.05) is 20.8 Å². The molecule has 0 atom stereocenters. The van der Waals surface area contributed by atoms with Crippen LogP contribution >= 0.6 is 27.3 Å². The van der Waals surface area contributed by atoms with Crippen LogP contribution in [0, 0.1) is 6.92 Å². The third-order valence-electron chi connectivity index (χ3n) is 5.41. The number of aryl methyl sites for hydroxylation is 1. The fourth-order valence-electron chi connectivity index (χ4n) is 3.72. The maximum absolute atomic E-state index is 13.5. The van der Waals surface area contributed by atoms with Gasteiger partial charge in [-0.25, -0.2) is 8.42 Å². The molecule has 4 aromatic rings. The SMILES string of the molecule is Cc1ccc(S(=O)(=O)N(CC(=O)Nc2ccc3c(c2)sc(=O)n3C(C)C)c2cccc(Br)c2)cc1. The lowest BCUT2D eigenvalue weighted by Crippen LogP contribution is -2.38. The number of benzene rings is 3. The number of rotatable bonds is 7. The van der Waals surface area contributed by atoms with Crippen LogP contribution in [-0.2, 0) is 14.8 Å². The standard InChI is InChI=1S/C25H24BrN3O4S2/c1-16(2)29-22-12-9-19(14-23(22)34-25(29)31)27-24(30)15-28(20-6-4-5-18(26)13-20)35(32,33)21-10-7-17(3)8-11-21/h4-14,16H,15H2,1-3H3,(H,27,30). The first-order valence-electron chi connectivity index (χ1n) is 10.9. The minimum absolute atomic E-state index is 0.0161. The molecule has 35 heavy (non-hydrogen) atoms. The smallest absolute Gasteiger partial charge is 0.308 e. The zero-order chi connectivity index (χ0) is 25.3. The van der Waals surface area contributed by atoms with Gasteiger partial charge in [0, 0.05) is 16.2 Å². The van der Waals surface area contributed by atoms with Gasteiger partial charge in [0.1, 0.15) is 6.54 Å². The van der Waals surface area contributed by atoms with E-state index in [9.17, 15) is 18.0 Å². The molecule has 3 aromatic carbocycles. The van der Waals surface area contributed by atoms with Crippen molar-refractivity contribution in [3.05, 3.63) is 86.4 Å².